The quantitative estimate of drug-likeness (QED) is 0.645. The van der Waals surface area contributed by atoms with Crippen molar-refractivity contribution in [3.05, 3.63) is 53.1 Å². The number of methoxy groups -OCH3 is 1. The molecule has 0 saturated heterocycles. The second-order valence-electron chi connectivity index (χ2n) is 4.01. The van der Waals surface area contributed by atoms with Crippen LogP contribution >= 0.6 is 11.6 Å². The fourth-order valence-electron chi connectivity index (χ4n) is 1.88. The Morgan fingerprint density at radius 3 is 2.89 bits per heavy atom. The fourth-order valence-corrected chi connectivity index (χ4v) is 2.08. The van der Waals surface area contributed by atoms with E-state index in [9.17, 15) is 0 Å². The molecule has 0 aliphatic heterocycles. The van der Waals surface area contributed by atoms with Crippen LogP contribution in [-0.2, 0) is 6.42 Å². The summed E-state index contributed by atoms with van der Waals surface area (Å²) in [6.07, 6.45) is 3.80. The molecule has 1 aromatic carbocycles. The number of nitrogens with two attached hydrogens (primary N) is 1. The zero-order valence-corrected chi connectivity index (χ0v) is 11.3. The van der Waals surface area contributed by atoms with Crippen molar-refractivity contribution < 1.29 is 4.74 Å². The highest BCUT2D eigenvalue weighted by Crippen LogP contribution is 2.26. The first kappa shape index (κ1) is 13.7. The Labute approximate surface area is 116 Å². The van der Waals surface area contributed by atoms with E-state index in [1.54, 1.807) is 19.4 Å². The average Bonchev–Trinajstić information content (AvgIpc) is 2.46. The topological polar surface area (TPSA) is 73.1 Å². The van der Waals surface area contributed by atoms with Gasteiger partial charge >= 0.3 is 0 Å². The van der Waals surface area contributed by atoms with E-state index in [1.165, 1.54) is 6.33 Å². The Morgan fingerprint density at radius 1 is 1.42 bits per heavy atom. The molecule has 1 heterocycles. The van der Waals surface area contributed by atoms with E-state index in [4.69, 9.17) is 22.2 Å². The van der Waals surface area contributed by atoms with Gasteiger partial charge in [-0.15, -0.1) is 0 Å². The predicted octanol–water partition coefficient (Wildman–Crippen LogP) is 1.89. The Bertz CT molecular complexity index is 535. The minimum Gasteiger partial charge on any atom is -0.496 e. The van der Waals surface area contributed by atoms with Gasteiger partial charge in [-0.1, -0.05) is 11.6 Å². The van der Waals surface area contributed by atoms with Gasteiger partial charge in [-0.2, -0.15) is 0 Å². The Hall–Kier alpha value is -1.69. The number of hydrogen-bond donors (Lipinski definition) is 2. The third-order valence-corrected chi connectivity index (χ3v) is 3.06. The number of nitrogens with zero attached hydrogens (tertiary/aromatic N) is 2. The van der Waals surface area contributed by atoms with Gasteiger partial charge in [0.2, 0.25) is 0 Å². The third-order valence-electron chi connectivity index (χ3n) is 2.83. The summed E-state index contributed by atoms with van der Waals surface area (Å²) in [5, 5.41) is 0.661. The number of benzene rings is 1. The first-order valence-corrected chi connectivity index (χ1v) is 6.17. The summed E-state index contributed by atoms with van der Waals surface area (Å²) in [5.41, 5.74) is 4.54. The molecular weight excluding hydrogens is 264 g/mol. The molecule has 1 atom stereocenters. The Balaban J connectivity index is 2.26. The van der Waals surface area contributed by atoms with Gasteiger partial charge in [0.25, 0.3) is 0 Å². The average molecular weight is 279 g/mol. The normalized spacial score (nSPS) is 12.2. The van der Waals surface area contributed by atoms with E-state index in [2.05, 4.69) is 15.4 Å². The number of nitrogens with one attached hydrogen (secondary N) is 1. The maximum Gasteiger partial charge on any atom is 0.122 e. The van der Waals surface area contributed by atoms with Gasteiger partial charge in [0.05, 0.1) is 18.8 Å². The highest BCUT2D eigenvalue weighted by atomic mass is 35.5. The number of halogens is 1. The molecule has 1 aromatic heterocycles. The molecule has 0 aliphatic rings. The van der Waals surface area contributed by atoms with E-state index < -0.39 is 0 Å². The van der Waals surface area contributed by atoms with Gasteiger partial charge in [-0.3, -0.25) is 11.3 Å². The van der Waals surface area contributed by atoms with E-state index in [-0.39, 0.29) is 6.04 Å². The molecule has 3 N–H and O–H groups in total. The van der Waals surface area contributed by atoms with Crippen LogP contribution in [0.15, 0.2) is 36.8 Å². The van der Waals surface area contributed by atoms with Crippen LogP contribution in [0.1, 0.15) is 17.3 Å². The van der Waals surface area contributed by atoms with Crippen molar-refractivity contribution in [3.8, 4) is 5.75 Å². The lowest BCUT2D eigenvalue weighted by Gasteiger charge is -2.17. The highest BCUT2D eigenvalue weighted by Gasteiger charge is 2.15. The van der Waals surface area contributed by atoms with Crippen molar-refractivity contribution in [1.82, 2.24) is 15.4 Å². The van der Waals surface area contributed by atoms with Crippen molar-refractivity contribution in [2.45, 2.75) is 12.5 Å². The number of rotatable bonds is 5. The van der Waals surface area contributed by atoms with Crippen molar-refractivity contribution in [3.63, 3.8) is 0 Å². The molecule has 0 radical (unpaired) electrons. The summed E-state index contributed by atoms with van der Waals surface area (Å²) in [6, 6.07) is 7.19. The maximum absolute atomic E-state index is 6.01. The van der Waals surface area contributed by atoms with Crippen molar-refractivity contribution in [2.75, 3.05) is 7.11 Å². The van der Waals surface area contributed by atoms with Crippen molar-refractivity contribution >= 4 is 11.6 Å². The molecular formula is C13H15ClN4O. The third kappa shape index (κ3) is 3.41. The van der Waals surface area contributed by atoms with Gasteiger partial charge in [0, 0.05) is 11.2 Å². The van der Waals surface area contributed by atoms with Crippen LogP contribution in [0.2, 0.25) is 5.02 Å². The second-order valence-corrected chi connectivity index (χ2v) is 4.45. The molecule has 100 valence electrons. The van der Waals surface area contributed by atoms with Crippen LogP contribution in [0.5, 0.6) is 5.75 Å². The van der Waals surface area contributed by atoms with Gasteiger partial charge < -0.3 is 4.74 Å². The predicted molar refractivity (Wildman–Crippen MR) is 73.8 cm³/mol. The number of hydrazine groups is 1. The lowest BCUT2D eigenvalue weighted by Crippen LogP contribution is -2.30. The van der Waals surface area contributed by atoms with E-state index in [0.717, 1.165) is 17.0 Å². The molecule has 1 unspecified atom stereocenters. The molecule has 2 rings (SSSR count). The van der Waals surface area contributed by atoms with Gasteiger partial charge in [-0.25, -0.2) is 9.97 Å². The summed E-state index contributed by atoms with van der Waals surface area (Å²) in [4.78, 5) is 8.09. The van der Waals surface area contributed by atoms with Crippen LogP contribution in [0.4, 0.5) is 0 Å². The maximum atomic E-state index is 6.01. The van der Waals surface area contributed by atoms with Crippen molar-refractivity contribution in [1.29, 1.82) is 0 Å². The number of hydrogen-bond acceptors (Lipinski definition) is 5. The van der Waals surface area contributed by atoms with E-state index in [1.807, 2.05) is 18.2 Å². The van der Waals surface area contributed by atoms with Crippen LogP contribution in [0.3, 0.4) is 0 Å². The molecule has 0 amide bonds. The Morgan fingerprint density at radius 2 is 2.26 bits per heavy atom. The zero-order chi connectivity index (χ0) is 13.7. The Kier molecular flexibility index (Phi) is 4.68. The molecule has 5 nitrogen and oxygen atoms in total. The molecule has 0 spiro atoms. The molecule has 6 heteroatoms. The summed E-state index contributed by atoms with van der Waals surface area (Å²) in [5.74, 6) is 6.37. The van der Waals surface area contributed by atoms with Gasteiger partial charge in [-0.05, 0) is 36.2 Å². The molecule has 0 fully saturated rings. The lowest BCUT2D eigenvalue weighted by atomic mass is 10.0. The number of ether oxygens (including phenoxy) is 1. The molecule has 19 heavy (non-hydrogen) atoms. The molecule has 0 bridgehead atoms. The van der Waals surface area contributed by atoms with Gasteiger partial charge in [0.15, 0.2) is 0 Å². The summed E-state index contributed by atoms with van der Waals surface area (Å²) in [7, 11) is 1.63. The van der Waals surface area contributed by atoms with Crippen LogP contribution in [0.25, 0.3) is 0 Å². The minimum absolute atomic E-state index is 0.129. The summed E-state index contributed by atoms with van der Waals surface area (Å²) < 4.78 is 5.32. The SMILES string of the molecule is COc1ccc(Cl)cc1CC(NN)c1ccncn1. The zero-order valence-electron chi connectivity index (χ0n) is 10.5. The lowest BCUT2D eigenvalue weighted by molar-refractivity contribution is 0.405. The van der Waals surface area contributed by atoms with Crippen LogP contribution in [0, 0.1) is 0 Å². The van der Waals surface area contributed by atoms with Crippen molar-refractivity contribution in [2.24, 2.45) is 5.84 Å². The molecule has 0 saturated carbocycles. The fraction of sp³-hybridized carbons (Fsp3) is 0.231. The number of aromatic nitrogens is 2. The van der Waals surface area contributed by atoms with Gasteiger partial charge in [0.1, 0.15) is 12.1 Å². The first-order chi connectivity index (χ1) is 9.24. The molecule has 2 aromatic rings. The van der Waals surface area contributed by atoms with Crippen LogP contribution in [-0.4, -0.2) is 17.1 Å². The summed E-state index contributed by atoms with van der Waals surface area (Å²) >= 11 is 6.01. The molecule has 0 aliphatic carbocycles. The monoisotopic (exact) mass is 278 g/mol. The summed E-state index contributed by atoms with van der Waals surface area (Å²) in [6.45, 7) is 0. The van der Waals surface area contributed by atoms with E-state index in [0.29, 0.717) is 11.4 Å². The smallest absolute Gasteiger partial charge is 0.122 e. The minimum atomic E-state index is -0.129. The largest absolute Gasteiger partial charge is 0.496 e. The highest BCUT2D eigenvalue weighted by molar-refractivity contribution is 6.30. The first-order valence-electron chi connectivity index (χ1n) is 5.79. The second kappa shape index (κ2) is 6.47. The standard InChI is InChI=1S/C13H15ClN4O/c1-19-13-3-2-10(14)6-9(13)7-12(18-15)11-4-5-16-8-17-11/h2-6,8,12,18H,7,15H2,1H3. The van der Waals surface area contributed by atoms with Crippen LogP contribution < -0.4 is 16.0 Å². The van der Waals surface area contributed by atoms with E-state index >= 15 is 0 Å².